The lowest BCUT2D eigenvalue weighted by molar-refractivity contribution is -0.134. The third-order valence-corrected chi connectivity index (χ3v) is 3.61. The molecular weight excluding hydrogens is 264 g/mol. The number of benzene rings is 1. The average Bonchev–Trinajstić information content (AvgIpc) is 2.43. The van der Waals surface area contributed by atoms with Crippen LogP contribution in [0.2, 0.25) is 5.02 Å². The maximum Gasteiger partial charge on any atom is 0.224 e. The van der Waals surface area contributed by atoms with Crippen LogP contribution in [0.1, 0.15) is 12.0 Å². The lowest BCUT2D eigenvalue weighted by Gasteiger charge is -2.26. The number of aryl methyl sites for hydroxylation is 1. The number of anilines is 1. The Morgan fingerprint density at radius 1 is 1.42 bits per heavy atom. The number of carbonyl (C=O) groups is 1. The van der Waals surface area contributed by atoms with Crippen molar-refractivity contribution in [1.29, 1.82) is 0 Å². The summed E-state index contributed by atoms with van der Waals surface area (Å²) in [6.07, 6.45) is 0.492. The standard InChI is InChI=1S/C14H19ClN2O2/c1-11-2-3-12(10-13(11)15)16-5-4-14(18)17-6-8-19-9-7-17/h2-3,10,16H,4-9H2,1H3. The Labute approximate surface area is 118 Å². The van der Waals surface area contributed by atoms with Gasteiger partial charge in [-0.15, -0.1) is 0 Å². The van der Waals surface area contributed by atoms with E-state index in [9.17, 15) is 4.79 Å². The number of nitrogens with zero attached hydrogens (tertiary/aromatic N) is 1. The number of carbonyl (C=O) groups excluding carboxylic acids is 1. The molecule has 1 N–H and O–H groups in total. The molecule has 0 radical (unpaired) electrons. The minimum Gasteiger partial charge on any atom is -0.384 e. The van der Waals surface area contributed by atoms with Crippen LogP contribution in [-0.4, -0.2) is 43.7 Å². The fourth-order valence-corrected chi connectivity index (χ4v) is 2.17. The second-order valence-corrected chi connectivity index (χ2v) is 5.04. The molecule has 1 heterocycles. The molecule has 1 aliphatic heterocycles. The number of amides is 1. The summed E-state index contributed by atoms with van der Waals surface area (Å²) in [7, 11) is 0. The minimum absolute atomic E-state index is 0.175. The van der Waals surface area contributed by atoms with Gasteiger partial charge < -0.3 is 15.0 Å². The van der Waals surface area contributed by atoms with Crippen LogP contribution in [0.5, 0.6) is 0 Å². The van der Waals surface area contributed by atoms with Gasteiger partial charge in [0.15, 0.2) is 0 Å². The highest BCUT2D eigenvalue weighted by molar-refractivity contribution is 6.31. The molecule has 1 aromatic rings. The van der Waals surface area contributed by atoms with Gasteiger partial charge >= 0.3 is 0 Å². The molecule has 1 aliphatic rings. The lowest BCUT2D eigenvalue weighted by Crippen LogP contribution is -2.41. The summed E-state index contributed by atoms with van der Waals surface area (Å²) in [4.78, 5) is 13.8. The van der Waals surface area contributed by atoms with Gasteiger partial charge in [-0.2, -0.15) is 0 Å². The Bertz CT molecular complexity index is 445. The summed E-state index contributed by atoms with van der Waals surface area (Å²) < 4.78 is 5.22. The van der Waals surface area contributed by atoms with Gasteiger partial charge in [0.25, 0.3) is 0 Å². The first kappa shape index (κ1) is 14.2. The largest absolute Gasteiger partial charge is 0.384 e. The van der Waals surface area contributed by atoms with E-state index in [-0.39, 0.29) is 5.91 Å². The van der Waals surface area contributed by atoms with Crippen molar-refractivity contribution in [2.45, 2.75) is 13.3 Å². The van der Waals surface area contributed by atoms with Crippen molar-refractivity contribution in [3.05, 3.63) is 28.8 Å². The maximum atomic E-state index is 11.9. The second-order valence-electron chi connectivity index (χ2n) is 4.63. The van der Waals surface area contributed by atoms with E-state index in [1.807, 2.05) is 30.0 Å². The van der Waals surface area contributed by atoms with Crippen LogP contribution in [0.15, 0.2) is 18.2 Å². The monoisotopic (exact) mass is 282 g/mol. The number of hydrogen-bond acceptors (Lipinski definition) is 3. The Hall–Kier alpha value is -1.26. The Balaban J connectivity index is 1.76. The molecule has 0 atom stereocenters. The van der Waals surface area contributed by atoms with Crippen LogP contribution < -0.4 is 5.32 Å². The number of morpholine rings is 1. The lowest BCUT2D eigenvalue weighted by atomic mass is 10.2. The third kappa shape index (κ3) is 4.11. The van der Waals surface area contributed by atoms with E-state index in [1.165, 1.54) is 0 Å². The molecular formula is C14H19ClN2O2. The van der Waals surface area contributed by atoms with Crippen LogP contribution >= 0.6 is 11.6 Å². The van der Waals surface area contributed by atoms with Gasteiger partial charge in [0.1, 0.15) is 0 Å². The van der Waals surface area contributed by atoms with Gasteiger partial charge in [-0.25, -0.2) is 0 Å². The van der Waals surface area contributed by atoms with Crippen LogP contribution in [0, 0.1) is 6.92 Å². The Morgan fingerprint density at radius 3 is 2.84 bits per heavy atom. The number of ether oxygens (including phenoxy) is 1. The first-order valence-electron chi connectivity index (χ1n) is 6.52. The van der Waals surface area contributed by atoms with Gasteiger partial charge in [-0.1, -0.05) is 17.7 Å². The van der Waals surface area contributed by atoms with Crippen LogP contribution in [0.4, 0.5) is 5.69 Å². The number of rotatable bonds is 4. The zero-order valence-electron chi connectivity index (χ0n) is 11.1. The summed E-state index contributed by atoms with van der Waals surface area (Å²) in [6, 6.07) is 5.82. The molecule has 1 amide bonds. The Kier molecular flexibility index (Phi) is 5.05. The molecule has 0 saturated carbocycles. The van der Waals surface area contributed by atoms with Crippen LogP contribution in [0.25, 0.3) is 0 Å². The number of halogens is 1. The highest BCUT2D eigenvalue weighted by Gasteiger charge is 2.15. The molecule has 2 rings (SSSR count). The van der Waals surface area contributed by atoms with Crippen LogP contribution in [0.3, 0.4) is 0 Å². The molecule has 1 saturated heterocycles. The number of hydrogen-bond donors (Lipinski definition) is 1. The second kappa shape index (κ2) is 6.78. The summed E-state index contributed by atoms with van der Waals surface area (Å²) >= 11 is 6.05. The van der Waals surface area contributed by atoms with E-state index >= 15 is 0 Å². The number of nitrogens with one attached hydrogen (secondary N) is 1. The van der Waals surface area contributed by atoms with Gasteiger partial charge in [0.2, 0.25) is 5.91 Å². The average molecular weight is 283 g/mol. The smallest absolute Gasteiger partial charge is 0.224 e. The molecule has 0 unspecified atom stereocenters. The fraction of sp³-hybridized carbons (Fsp3) is 0.500. The van der Waals surface area contributed by atoms with Gasteiger partial charge in [-0.3, -0.25) is 4.79 Å². The quantitative estimate of drug-likeness (QED) is 0.921. The van der Waals surface area contributed by atoms with Crippen molar-refractivity contribution in [3.63, 3.8) is 0 Å². The van der Waals surface area contributed by atoms with E-state index in [0.29, 0.717) is 39.3 Å². The van der Waals surface area contributed by atoms with E-state index in [4.69, 9.17) is 16.3 Å². The highest BCUT2D eigenvalue weighted by Crippen LogP contribution is 2.19. The van der Waals surface area contributed by atoms with Crippen molar-refractivity contribution >= 4 is 23.2 Å². The molecule has 0 spiro atoms. The SMILES string of the molecule is Cc1ccc(NCCC(=O)N2CCOCC2)cc1Cl. The molecule has 4 nitrogen and oxygen atoms in total. The predicted molar refractivity (Wildman–Crippen MR) is 76.7 cm³/mol. The predicted octanol–water partition coefficient (Wildman–Crippen LogP) is 2.31. The molecule has 0 aliphatic carbocycles. The zero-order chi connectivity index (χ0) is 13.7. The van der Waals surface area contributed by atoms with Crippen LogP contribution in [-0.2, 0) is 9.53 Å². The third-order valence-electron chi connectivity index (χ3n) is 3.20. The molecule has 1 fully saturated rings. The first-order chi connectivity index (χ1) is 9.16. The van der Waals surface area contributed by atoms with E-state index in [2.05, 4.69) is 5.32 Å². The van der Waals surface area contributed by atoms with Gasteiger partial charge in [0, 0.05) is 36.8 Å². The van der Waals surface area contributed by atoms with Crippen molar-refractivity contribution in [2.24, 2.45) is 0 Å². The molecule has 0 aromatic heterocycles. The van der Waals surface area contributed by atoms with Gasteiger partial charge in [-0.05, 0) is 24.6 Å². The highest BCUT2D eigenvalue weighted by atomic mass is 35.5. The summed E-state index contributed by atoms with van der Waals surface area (Å²) in [6.45, 7) is 5.29. The van der Waals surface area contributed by atoms with E-state index in [1.54, 1.807) is 0 Å². The Morgan fingerprint density at radius 2 is 2.16 bits per heavy atom. The summed E-state index contributed by atoms with van der Waals surface area (Å²) in [5.41, 5.74) is 2.00. The van der Waals surface area contributed by atoms with Gasteiger partial charge in [0.05, 0.1) is 13.2 Å². The summed E-state index contributed by atoms with van der Waals surface area (Å²) in [5.74, 6) is 0.175. The van der Waals surface area contributed by atoms with Crippen molar-refractivity contribution in [1.82, 2.24) is 4.90 Å². The topological polar surface area (TPSA) is 41.6 Å². The van der Waals surface area contributed by atoms with Crippen molar-refractivity contribution < 1.29 is 9.53 Å². The fourth-order valence-electron chi connectivity index (χ4n) is 1.99. The molecule has 19 heavy (non-hydrogen) atoms. The van der Waals surface area contributed by atoms with Crippen molar-refractivity contribution in [3.8, 4) is 0 Å². The first-order valence-corrected chi connectivity index (χ1v) is 6.90. The van der Waals surface area contributed by atoms with Crippen molar-refractivity contribution in [2.75, 3.05) is 38.2 Å². The summed E-state index contributed by atoms with van der Waals surface area (Å²) in [5, 5.41) is 3.96. The normalized spacial score (nSPS) is 15.4. The molecule has 1 aromatic carbocycles. The molecule has 104 valence electrons. The van der Waals surface area contributed by atoms with E-state index < -0.39 is 0 Å². The molecule has 5 heteroatoms. The molecule has 0 bridgehead atoms. The zero-order valence-corrected chi connectivity index (χ0v) is 11.9. The maximum absolute atomic E-state index is 11.9. The van der Waals surface area contributed by atoms with E-state index in [0.717, 1.165) is 16.3 Å². The minimum atomic E-state index is 0.175.